The van der Waals surface area contributed by atoms with Crippen LogP contribution in [0.2, 0.25) is 0 Å². The summed E-state index contributed by atoms with van der Waals surface area (Å²) in [4.78, 5) is 21.9. The molecule has 3 rings (SSSR count). The molecular weight excluding hydrogens is 386 g/mol. The zero-order valence-electron chi connectivity index (χ0n) is 17.3. The molecule has 0 aliphatic heterocycles. The fraction of sp³-hybridized carbons (Fsp3) is 0.364. The Morgan fingerprint density at radius 1 is 1.07 bits per heavy atom. The first kappa shape index (κ1) is 21.1. The van der Waals surface area contributed by atoms with Crippen LogP contribution in [-0.4, -0.2) is 56.7 Å². The van der Waals surface area contributed by atoms with Crippen molar-refractivity contribution < 1.29 is 14.3 Å². The van der Waals surface area contributed by atoms with E-state index in [1.165, 1.54) is 11.3 Å². The molecule has 1 aromatic heterocycles. The van der Waals surface area contributed by atoms with Gasteiger partial charge in [-0.25, -0.2) is 4.98 Å². The quantitative estimate of drug-likeness (QED) is 0.523. The summed E-state index contributed by atoms with van der Waals surface area (Å²) in [6.45, 7) is 4.03. The zero-order chi connectivity index (χ0) is 20.8. The van der Waals surface area contributed by atoms with Crippen LogP contribution in [0.1, 0.15) is 23.7 Å². The Labute approximate surface area is 175 Å². The third kappa shape index (κ3) is 5.25. The Morgan fingerprint density at radius 3 is 2.45 bits per heavy atom. The molecule has 0 aliphatic rings. The number of methoxy groups -OCH3 is 1. The number of ether oxygens (including phenoxy) is 2. The minimum absolute atomic E-state index is 0.0576. The van der Waals surface area contributed by atoms with Crippen molar-refractivity contribution in [3.05, 3.63) is 48.0 Å². The van der Waals surface area contributed by atoms with E-state index in [1.54, 1.807) is 12.0 Å². The van der Waals surface area contributed by atoms with E-state index in [1.807, 2.05) is 63.5 Å². The minimum Gasteiger partial charge on any atom is -0.497 e. The van der Waals surface area contributed by atoms with Crippen molar-refractivity contribution in [3.63, 3.8) is 0 Å². The second kappa shape index (κ2) is 9.71. The van der Waals surface area contributed by atoms with Crippen LogP contribution in [0.15, 0.2) is 42.5 Å². The fourth-order valence-electron chi connectivity index (χ4n) is 2.98. The maximum atomic E-state index is 13.3. The van der Waals surface area contributed by atoms with Gasteiger partial charge in [-0.2, -0.15) is 0 Å². The number of thiazole rings is 1. The van der Waals surface area contributed by atoms with E-state index in [0.29, 0.717) is 23.8 Å². The Balaban J connectivity index is 1.89. The van der Waals surface area contributed by atoms with Crippen molar-refractivity contribution >= 4 is 32.6 Å². The van der Waals surface area contributed by atoms with Gasteiger partial charge in [-0.15, -0.1) is 0 Å². The molecule has 0 saturated heterocycles. The summed E-state index contributed by atoms with van der Waals surface area (Å²) < 4.78 is 11.8. The zero-order valence-corrected chi connectivity index (χ0v) is 18.2. The van der Waals surface area contributed by atoms with Gasteiger partial charge in [-0.1, -0.05) is 11.3 Å². The molecule has 6 nitrogen and oxygen atoms in total. The Bertz CT molecular complexity index is 954. The van der Waals surface area contributed by atoms with E-state index in [-0.39, 0.29) is 5.91 Å². The second-order valence-electron chi connectivity index (χ2n) is 6.90. The summed E-state index contributed by atoms with van der Waals surface area (Å²) in [5, 5.41) is 0.700. The smallest absolute Gasteiger partial charge is 0.260 e. The maximum Gasteiger partial charge on any atom is 0.260 e. The molecule has 0 bridgehead atoms. The Kier molecular flexibility index (Phi) is 7.06. The van der Waals surface area contributed by atoms with Gasteiger partial charge in [-0.3, -0.25) is 9.69 Å². The van der Waals surface area contributed by atoms with Crippen LogP contribution >= 0.6 is 11.3 Å². The van der Waals surface area contributed by atoms with E-state index >= 15 is 0 Å². The van der Waals surface area contributed by atoms with Gasteiger partial charge in [0, 0.05) is 12.1 Å². The number of rotatable bonds is 9. The van der Waals surface area contributed by atoms with Crippen molar-refractivity contribution in [3.8, 4) is 11.5 Å². The summed E-state index contributed by atoms with van der Waals surface area (Å²) >= 11 is 1.50. The molecule has 1 heterocycles. The highest BCUT2D eigenvalue weighted by Gasteiger charge is 2.21. The number of hydrogen-bond acceptors (Lipinski definition) is 6. The van der Waals surface area contributed by atoms with E-state index in [4.69, 9.17) is 14.5 Å². The fourth-order valence-corrected chi connectivity index (χ4v) is 4.00. The summed E-state index contributed by atoms with van der Waals surface area (Å²) in [5.41, 5.74) is 1.48. The molecule has 2 aromatic carbocycles. The SMILES string of the molecule is CCOc1ccc(C(=O)N(CCCN(C)C)c2nc3ccc(OC)cc3s2)cc1. The Hall–Kier alpha value is -2.64. The highest BCUT2D eigenvalue weighted by molar-refractivity contribution is 7.22. The normalized spacial score (nSPS) is 11.1. The number of fused-ring (bicyclic) bond motifs is 1. The van der Waals surface area contributed by atoms with Gasteiger partial charge >= 0.3 is 0 Å². The number of nitrogens with zero attached hydrogens (tertiary/aromatic N) is 3. The summed E-state index contributed by atoms with van der Waals surface area (Å²) in [6, 6.07) is 13.0. The van der Waals surface area contributed by atoms with Crippen LogP contribution in [0.4, 0.5) is 5.13 Å². The minimum atomic E-state index is -0.0576. The first-order valence-electron chi connectivity index (χ1n) is 9.66. The third-order valence-corrected chi connectivity index (χ3v) is 5.50. The van der Waals surface area contributed by atoms with Crippen molar-refractivity contribution in [2.45, 2.75) is 13.3 Å². The van der Waals surface area contributed by atoms with Gasteiger partial charge in [0.15, 0.2) is 5.13 Å². The molecule has 0 N–H and O–H groups in total. The lowest BCUT2D eigenvalue weighted by molar-refractivity contribution is 0.0986. The van der Waals surface area contributed by atoms with E-state index in [9.17, 15) is 4.79 Å². The van der Waals surface area contributed by atoms with Crippen molar-refractivity contribution in [2.24, 2.45) is 0 Å². The molecule has 0 unspecified atom stereocenters. The van der Waals surface area contributed by atoms with Gasteiger partial charge in [0.05, 0.1) is 23.9 Å². The maximum absolute atomic E-state index is 13.3. The molecule has 0 saturated carbocycles. The van der Waals surface area contributed by atoms with Crippen molar-refractivity contribution in [1.29, 1.82) is 0 Å². The first-order chi connectivity index (χ1) is 14.0. The highest BCUT2D eigenvalue weighted by atomic mass is 32.1. The highest BCUT2D eigenvalue weighted by Crippen LogP contribution is 2.32. The average molecular weight is 414 g/mol. The lowest BCUT2D eigenvalue weighted by atomic mass is 10.2. The van der Waals surface area contributed by atoms with Crippen LogP contribution in [0, 0.1) is 0 Å². The molecule has 0 spiro atoms. The molecule has 7 heteroatoms. The van der Waals surface area contributed by atoms with E-state index in [2.05, 4.69) is 4.90 Å². The van der Waals surface area contributed by atoms with Crippen LogP contribution in [-0.2, 0) is 0 Å². The number of amides is 1. The lowest BCUT2D eigenvalue weighted by Gasteiger charge is -2.21. The first-order valence-corrected chi connectivity index (χ1v) is 10.5. The van der Waals surface area contributed by atoms with Crippen molar-refractivity contribution in [2.75, 3.05) is 45.8 Å². The number of benzene rings is 2. The van der Waals surface area contributed by atoms with Gasteiger partial charge in [0.2, 0.25) is 0 Å². The van der Waals surface area contributed by atoms with E-state index < -0.39 is 0 Å². The number of carbonyl (C=O) groups is 1. The van der Waals surface area contributed by atoms with Gasteiger partial charge < -0.3 is 14.4 Å². The second-order valence-corrected chi connectivity index (χ2v) is 7.91. The van der Waals surface area contributed by atoms with E-state index in [0.717, 1.165) is 34.7 Å². The number of aromatic nitrogens is 1. The molecule has 0 radical (unpaired) electrons. The molecule has 0 atom stereocenters. The molecule has 1 amide bonds. The van der Waals surface area contributed by atoms with Crippen molar-refractivity contribution in [1.82, 2.24) is 9.88 Å². The number of hydrogen-bond donors (Lipinski definition) is 0. The van der Waals surface area contributed by atoms with Crippen LogP contribution in [0.25, 0.3) is 10.2 Å². The molecule has 154 valence electrons. The molecule has 0 fully saturated rings. The van der Waals surface area contributed by atoms with Gasteiger partial charge in [-0.05, 0) is 76.4 Å². The number of carbonyl (C=O) groups excluding carboxylic acids is 1. The molecule has 3 aromatic rings. The lowest BCUT2D eigenvalue weighted by Crippen LogP contribution is -2.33. The van der Waals surface area contributed by atoms with Crippen LogP contribution < -0.4 is 14.4 Å². The molecule has 29 heavy (non-hydrogen) atoms. The molecular formula is C22H27N3O3S. The Morgan fingerprint density at radius 2 is 1.79 bits per heavy atom. The average Bonchev–Trinajstić information content (AvgIpc) is 3.14. The van der Waals surface area contributed by atoms with Gasteiger partial charge in [0.25, 0.3) is 5.91 Å². The summed E-state index contributed by atoms with van der Waals surface area (Å²) in [7, 11) is 5.71. The predicted octanol–water partition coefficient (Wildman–Crippen LogP) is 4.30. The predicted molar refractivity (Wildman–Crippen MR) is 119 cm³/mol. The van der Waals surface area contributed by atoms with Crippen LogP contribution in [0.3, 0.4) is 0 Å². The summed E-state index contributed by atoms with van der Waals surface area (Å²) in [5.74, 6) is 1.48. The number of anilines is 1. The largest absolute Gasteiger partial charge is 0.497 e. The summed E-state index contributed by atoms with van der Waals surface area (Å²) in [6.07, 6.45) is 0.856. The van der Waals surface area contributed by atoms with Crippen LogP contribution in [0.5, 0.6) is 11.5 Å². The standard InChI is InChI=1S/C22H27N3O3S/c1-5-28-17-9-7-16(8-10-17)21(26)25(14-6-13-24(2)3)22-23-19-12-11-18(27-4)15-20(19)29-22/h7-12,15H,5-6,13-14H2,1-4H3. The monoisotopic (exact) mass is 413 g/mol. The van der Waals surface area contributed by atoms with Gasteiger partial charge in [0.1, 0.15) is 11.5 Å². The third-order valence-electron chi connectivity index (χ3n) is 4.46. The molecule has 0 aliphatic carbocycles. The topological polar surface area (TPSA) is 54.9 Å².